The largest absolute Gasteiger partial charge is 0.493 e. The van der Waals surface area contributed by atoms with Gasteiger partial charge in [0, 0.05) is 20.4 Å². The first-order valence-electron chi connectivity index (χ1n) is 12.8. The van der Waals surface area contributed by atoms with Crippen LogP contribution in [0.1, 0.15) is 16.7 Å². The minimum absolute atomic E-state index is 0.252. The molecule has 0 saturated heterocycles. The molecule has 7 nitrogen and oxygen atoms in total. The third kappa shape index (κ3) is 5.47. The second-order valence-corrected chi connectivity index (χ2v) is 11.5. The zero-order chi connectivity index (χ0) is 29.4. The molecule has 42 heavy (non-hydrogen) atoms. The maximum absolute atomic E-state index is 13.7. The number of benzene rings is 4. The number of aromatic nitrogens is 2. The number of furan rings is 1. The van der Waals surface area contributed by atoms with Crippen LogP contribution in [0, 0.1) is 6.92 Å². The molecule has 0 aliphatic carbocycles. The SMILES string of the molecule is COc1cc(C=Nn2c(-c3cc4cc(Cl)ccc4o3)nc3ccccc3c2=O)c(Br)c(Br)c1OCc1cccc(C)c1. The van der Waals surface area contributed by atoms with E-state index in [9.17, 15) is 4.79 Å². The number of hydrogen-bond acceptors (Lipinski definition) is 6. The quantitative estimate of drug-likeness (QED) is 0.155. The van der Waals surface area contributed by atoms with Crippen LogP contribution < -0.4 is 15.0 Å². The van der Waals surface area contributed by atoms with Gasteiger partial charge >= 0.3 is 0 Å². The van der Waals surface area contributed by atoms with Crippen molar-refractivity contribution in [1.29, 1.82) is 0 Å². The van der Waals surface area contributed by atoms with E-state index in [0.717, 1.165) is 16.5 Å². The zero-order valence-corrected chi connectivity index (χ0v) is 26.3. The van der Waals surface area contributed by atoms with Gasteiger partial charge in [0.15, 0.2) is 17.3 Å². The summed E-state index contributed by atoms with van der Waals surface area (Å²) in [6.07, 6.45) is 1.56. The van der Waals surface area contributed by atoms with Crippen LogP contribution in [-0.2, 0) is 6.61 Å². The number of aryl methyl sites for hydroxylation is 1. The highest BCUT2D eigenvalue weighted by atomic mass is 79.9. The number of fused-ring (bicyclic) bond motifs is 2. The van der Waals surface area contributed by atoms with Gasteiger partial charge < -0.3 is 13.9 Å². The predicted molar refractivity (Wildman–Crippen MR) is 173 cm³/mol. The van der Waals surface area contributed by atoms with E-state index < -0.39 is 0 Å². The van der Waals surface area contributed by atoms with Crippen LogP contribution >= 0.6 is 43.5 Å². The van der Waals surface area contributed by atoms with Crippen molar-refractivity contribution in [3.63, 3.8) is 0 Å². The molecule has 0 unspecified atom stereocenters. The molecular formula is C32H22Br2ClN3O4. The van der Waals surface area contributed by atoms with Crippen LogP contribution in [0.3, 0.4) is 0 Å². The van der Waals surface area contributed by atoms with Crippen LogP contribution in [0.5, 0.6) is 11.5 Å². The first-order chi connectivity index (χ1) is 20.3. The minimum Gasteiger partial charge on any atom is -0.493 e. The van der Waals surface area contributed by atoms with Crippen molar-refractivity contribution in [2.24, 2.45) is 5.10 Å². The van der Waals surface area contributed by atoms with Gasteiger partial charge in [0.1, 0.15) is 12.2 Å². The lowest BCUT2D eigenvalue weighted by atomic mass is 10.1. The number of ether oxygens (including phenoxy) is 2. The Hall–Kier alpha value is -3.92. The number of methoxy groups -OCH3 is 1. The molecule has 0 amide bonds. The Morgan fingerprint density at radius 3 is 2.67 bits per heavy atom. The molecule has 6 rings (SSSR count). The molecule has 0 bridgehead atoms. The van der Waals surface area contributed by atoms with Gasteiger partial charge in [-0.05, 0) is 86.8 Å². The molecule has 6 aromatic rings. The lowest BCUT2D eigenvalue weighted by Gasteiger charge is -2.15. The Kier molecular flexibility index (Phi) is 7.90. The second kappa shape index (κ2) is 11.8. The summed E-state index contributed by atoms with van der Waals surface area (Å²) >= 11 is 13.5. The molecule has 0 fully saturated rings. The van der Waals surface area contributed by atoms with Gasteiger partial charge in [0.05, 0.1) is 28.7 Å². The van der Waals surface area contributed by atoms with Crippen LogP contribution in [0.4, 0.5) is 0 Å². The second-order valence-electron chi connectivity index (χ2n) is 9.51. The molecule has 0 atom stereocenters. The monoisotopic (exact) mass is 705 g/mol. The summed E-state index contributed by atoms with van der Waals surface area (Å²) in [7, 11) is 1.57. The van der Waals surface area contributed by atoms with Gasteiger partial charge in [-0.25, -0.2) is 4.98 Å². The Balaban J connectivity index is 1.43. The summed E-state index contributed by atoms with van der Waals surface area (Å²) in [6.45, 7) is 2.40. The maximum Gasteiger partial charge on any atom is 0.282 e. The fourth-order valence-corrected chi connectivity index (χ4v) is 5.69. The Bertz CT molecular complexity index is 2070. The number of halogens is 3. The van der Waals surface area contributed by atoms with Crippen LogP contribution in [0.15, 0.2) is 102 Å². The molecule has 210 valence electrons. The van der Waals surface area contributed by atoms with Crippen LogP contribution in [-0.4, -0.2) is 23.0 Å². The molecule has 0 radical (unpaired) electrons. The number of hydrogen-bond donors (Lipinski definition) is 0. The van der Waals surface area contributed by atoms with Gasteiger partial charge in [0.25, 0.3) is 5.56 Å². The van der Waals surface area contributed by atoms with E-state index in [1.165, 1.54) is 4.68 Å². The molecule has 0 spiro atoms. The molecule has 10 heteroatoms. The standard InChI is InChI=1S/C32H22Br2ClN3O4/c1-18-6-5-7-19(12-18)17-41-30-26(40-2)15-21(28(33)29(30)34)16-36-38-31(37-24-9-4-3-8-23(24)32(38)39)27-14-20-13-22(35)10-11-25(20)42-27/h3-16H,17H2,1-2H3. The number of rotatable bonds is 7. The third-order valence-electron chi connectivity index (χ3n) is 6.61. The Morgan fingerprint density at radius 2 is 1.86 bits per heavy atom. The highest BCUT2D eigenvalue weighted by Crippen LogP contribution is 2.42. The average Bonchev–Trinajstić information content (AvgIpc) is 3.41. The molecule has 0 N–H and O–H groups in total. The predicted octanol–water partition coefficient (Wildman–Crippen LogP) is 8.77. The number of para-hydroxylation sites is 1. The topological polar surface area (TPSA) is 78.9 Å². The number of nitrogens with zero attached hydrogens (tertiary/aromatic N) is 3. The van der Waals surface area contributed by atoms with Crippen molar-refractivity contribution in [3.8, 4) is 23.1 Å². The van der Waals surface area contributed by atoms with Crippen molar-refractivity contribution in [2.75, 3.05) is 7.11 Å². The fraction of sp³-hybridized carbons (Fsp3) is 0.0938. The highest BCUT2D eigenvalue weighted by molar-refractivity contribution is 9.13. The van der Waals surface area contributed by atoms with Crippen molar-refractivity contribution in [2.45, 2.75) is 13.5 Å². The van der Waals surface area contributed by atoms with Crippen molar-refractivity contribution >= 4 is 71.5 Å². The van der Waals surface area contributed by atoms with Crippen LogP contribution in [0.25, 0.3) is 33.5 Å². The highest BCUT2D eigenvalue weighted by Gasteiger charge is 2.19. The molecule has 4 aromatic carbocycles. The first kappa shape index (κ1) is 28.2. The van der Waals surface area contributed by atoms with E-state index in [-0.39, 0.29) is 11.4 Å². The summed E-state index contributed by atoms with van der Waals surface area (Å²) in [5, 5.41) is 6.37. The molecule has 2 heterocycles. The maximum atomic E-state index is 13.7. The van der Waals surface area contributed by atoms with E-state index in [4.69, 9.17) is 30.5 Å². The third-order valence-corrected chi connectivity index (χ3v) is 8.98. The summed E-state index contributed by atoms with van der Waals surface area (Å²) in [5.41, 5.74) is 3.64. The molecular weight excluding hydrogens is 686 g/mol. The fourth-order valence-electron chi connectivity index (χ4n) is 4.58. The van der Waals surface area contributed by atoms with Crippen molar-refractivity contribution in [3.05, 3.63) is 120 Å². The minimum atomic E-state index is -0.342. The lowest BCUT2D eigenvalue weighted by Crippen LogP contribution is -2.20. The van der Waals surface area contributed by atoms with Gasteiger partial charge in [-0.15, -0.1) is 0 Å². The van der Waals surface area contributed by atoms with Crippen LogP contribution in [0.2, 0.25) is 5.02 Å². The van der Waals surface area contributed by atoms with E-state index >= 15 is 0 Å². The van der Waals surface area contributed by atoms with Crippen molar-refractivity contribution in [1.82, 2.24) is 9.66 Å². The van der Waals surface area contributed by atoms with Crippen molar-refractivity contribution < 1.29 is 13.9 Å². The van der Waals surface area contributed by atoms with E-state index in [1.54, 1.807) is 61.9 Å². The van der Waals surface area contributed by atoms with E-state index in [2.05, 4.69) is 43.0 Å². The van der Waals surface area contributed by atoms with Gasteiger partial charge in [-0.2, -0.15) is 9.78 Å². The van der Waals surface area contributed by atoms with E-state index in [1.807, 2.05) is 31.2 Å². The van der Waals surface area contributed by atoms with Gasteiger partial charge in [-0.1, -0.05) is 53.6 Å². The molecule has 0 aliphatic rings. The normalized spacial score (nSPS) is 11.5. The lowest BCUT2D eigenvalue weighted by molar-refractivity contribution is 0.282. The first-order valence-corrected chi connectivity index (χ1v) is 14.8. The molecule has 0 saturated carbocycles. The Morgan fingerprint density at radius 1 is 1.02 bits per heavy atom. The summed E-state index contributed by atoms with van der Waals surface area (Å²) in [6, 6.07) is 24.1. The average molecular weight is 708 g/mol. The molecule has 0 aliphatic heterocycles. The summed E-state index contributed by atoms with van der Waals surface area (Å²) in [4.78, 5) is 18.4. The smallest absolute Gasteiger partial charge is 0.282 e. The molecule has 2 aromatic heterocycles. The van der Waals surface area contributed by atoms with Gasteiger partial charge in [-0.3, -0.25) is 4.79 Å². The Labute approximate surface area is 262 Å². The summed E-state index contributed by atoms with van der Waals surface area (Å²) in [5.74, 6) is 1.67. The zero-order valence-electron chi connectivity index (χ0n) is 22.4. The summed E-state index contributed by atoms with van der Waals surface area (Å²) < 4.78 is 20.4. The van der Waals surface area contributed by atoms with Gasteiger partial charge in [0.2, 0.25) is 5.82 Å². The van der Waals surface area contributed by atoms with E-state index in [0.29, 0.717) is 59.9 Å².